The molecule has 3 heterocycles. The molecule has 3 aromatic rings. The van der Waals surface area contributed by atoms with Crippen LogP contribution >= 0.6 is 38.9 Å². The molecule has 1 aliphatic heterocycles. The Hall–Kier alpha value is -2.99. The van der Waals surface area contributed by atoms with Crippen LogP contribution in [0.15, 0.2) is 46.0 Å². The lowest BCUT2D eigenvalue weighted by Gasteiger charge is -2.40. The Morgan fingerprint density at radius 1 is 1.39 bits per heavy atom. The van der Waals surface area contributed by atoms with Gasteiger partial charge < -0.3 is 30.5 Å². The van der Waals surface area contributed by atoms with Gasteiger partial charge in [-0.25, -0.2) is 9.48 Å². The molecule has 14 heteroatoms. The molecule has 2 aromatic heterocycles. The lowest BCUT2D eigenvalue weighted by Crippen LogP contribution is -2.58. The normalized spacial score (nSPS) is 21.2. The standard InChI is InChI=1S/C22H18BrClN4O7S/c23-10-4-9-12(5-11(10)24)27-28(14(9)7-25)13-6-16(22(33)34)35-20(19(31)15(30)8-29)18(13)26-21(32)17-2-1-3-36-17/h1-6,13,15,18-20,29-31H,8H2,(H,26,32)(H,33,34)/t13-,15+,18+,19+,20+/m0/s1. The molecule has 0 unspecified atom stereocenters. The number of aliphatic hydroxyl groups is 3. The lowest BCUT2D eigenvalue weighted by molar-refractivity contribution is -0.145. The lowest BCUT2D eigenvalue weighted by atomic mass is 9.91. The molecule has 1 aromatic carbocycles. The van der Waals surface area contributed by atoms with Gasteiger partial charge in [-0.05, 0) is 45.6 Å². The molecule has 0 aliphatic carbocycles. The number of benzene rings is 1. The van der Waals surface area contributed by atoms with Crippen molar-refractivity contribution in [3.8, 4) is 6.07 Å². The second kappa shape index (κ2) is 10.6. The third-order valence-electron chi connectivity index (χ3n) is 5.61. The van der Waals surface area contributed by atoms with E-state index in [-0.39, 0.29) is 5.69 Å². The van der Waals surface area contributed by atoms with Crippen molar-refractivity contribution in [2.75, 3.05) is 6.61 Å². The number of nitrogens with zero attached hydrogens (tertiary/aromatic N) is 3. The molecule has 5 atom stereocenters. The highest BCUT2D eigenvalue weighted by Crippen LogP contribution is 2.35. The molecule has 0 spiro atoms. The van der Waals surface area contributed by atoms with Gasteiger partial charge in [0.05, 0.1) is 34.1 Å². The molecule has 11 nitrogen and oxygen atoms in total. The number of carbonyl (C=O) groups excluding carboxylic acids is 1. The number of carboxylic acids is 1. The number of carboxylic acid groups (broad SMARTS) is 1. The first kappa shape index (κ1) is 26.1. The number of amides is 1. The molecule has 36 heavy (non-hydrogen) atoms. The van der Waals surface area contributed by atoms with Crippen LogP contribution < -0.4 is 5.32 Å². The maximum absolute atomic E-state index is 13.0. The van der Waals surface area contributed by atoms with Crippen molar-refractivity contribution < 1.29 is 34.8 Å². The van der Waals surface area contributed by atoms with E-state index in [1.165, 1.54) is 10.7 Å². The number of nitriles is 1. The number of hydrogen-bond donors (Lipinski definition) is 5. The predicted molar refractivity (Wildman–Crippen MR) is 131 cm³/mol. The molecule has 5 N–H and O–H groups in total. The molecule has 188 valence electrons. The van der Waals surface area contributed by atoms with Crippen molar-refractivity contribution >= 4 is 61.6 Å². The molecule has 4 rings (SSSR count). The smallest absolute Gasteiger partial charge is 0.370 e. The first-order chi connectivity index (χ1) is 17.2. The monoisotopic (exact) mass is 596 g/mol. The minimum Gasteiger partial charge on any atom is -0.478 e. The number of aromatic nitrogens is 2. The largest absolute Gasteiger partial charge is 0.478 e. The van der Waals surface area contributed by atoms with E-state index in [0.29, 0.717) is 25.3 Å². The van der Waals surface area contributed by atoms with E-state index in [9.17, 15) is 35.3 Å². The third-order valence-corrected chi connectivity index (χ3v) is 7.67. The number of rotatable bonds is 7. The highest BCUT2D eigenvalue weighted by Gasteiger charge is 2.45. The van der Waals surface area contributed by atoms with Gasteiger partial charge in [-0.2, -0.15) is 10.4 Å². The van der Waals surface area contributed by atoms with Crippen LogP contribution in [-0.4, -0.2) is 73.0 Å². The van der Waals surface area contributed by atoms with Crippen molar-refractivity contribution in [1.82, 2.24) is 15.1 Å². The number of ether oxygens (including phenoxy) is 1. The number of fused-ring (bicyclic) bond motifs is 1. The molecule has 1 aliphatic rings. The van der Waals surface area contributed by atoms with Crippen LogP contribution in [0.25, 0.3) is 10.9 Å². The fourth-order valence-corrected chi connectivity index (χ4v) is 5.02. The maximum Gasteiger partial charge on any atom is 0.370 e. The van der Waals surface area contributed by atoms with Gasteiger partial charge in [-0.1, -0.05) is 17.7 Å². The third kappa shape index (κ3) is 4.83. The molecular weight excluding hydrogens is 580 g/mol. The van der Waals surface area contributed by atoms with Crippen LogP contribution in [0.5, 0.6) is 0 Å². The van der Waals surface area contributed by atoms with E-state index < -0.39 is 54.6 Å². The Morgan fingerprint density at radius 2 is 2.14 bits per heavy atom. The number of thiophene rings is 1. The van der Waals surface area contributed by atoms with Crippen LogP contribution in [0.4, 0.5) is 0 Å². The summed E-state index contributed by atoms with van der Waals surface area (Å²) in [6.07, 6.45) is -3.91. The highest BCUT2D eigenvalue weighted by molar-refractivity contribution is 9.10. The van der Waals surface area contributed by atoms with Crippen molar-refractivity contribution in [2.45, 2.75) is 30.4 Å². The fourth-order valence-electron chi connectivity index (χ4n) is 3.89. The predicted octanol–water partition coefficient (Wildman–Crippen LogP) is 1.81. The first-order valence-corrected chi connectivity index (χ1v) is 12.4. The van der Waals surface area contributed by atoms with Gasteiger partial charge in [0.15, 0.2) is 0 Å². The van der Waals surface area contributed by atoms with Gasteiger partial charge in [0.25, 0.3) is 5.91 Å². The zero-order chi connectivity index (χ0) is 26.1. The summed E-state index contributed by atoms with van der Waals surface area (Å²) in [5, 5.41) is 59.4. The summed E-state index contributed by atoms with van der Waals surface area (Å²) in [6, 6.07) is 5.99. The van der Waals surface area contributed by atoms with Crippen molar-refractivity contribution in [1.29, 1.82) is 5.26 Å². The van der Waals surface area contributed by atoms with Gasteiger partial charge in [-0.15, -0.1) is 11.3 Å². The summed E-state index contributed by atoms with van der Waals surface area (Å²) in [5.41, 5.74) is 0.355. The maximum atomic E-state index is 13.0. The number of hydrogen-bond acceptors (Lipinski definition) is 9. The van der Waals surface area contributed by atoms with E-state index in [0.717, 1.165) is 17.4 Å². The van der Waals surface area contributed by atoms with Crippen LogP contribution in [-0.2, 0) is 9.53 Å². The van der Waals surface area contributed by atoms with Gasteiger partial charge >= 0.3 is 5.97 Å². The Labute approximate surface area is 220 Å². The number of aliphatic hydroxyl groups excluding tert-OH is 3. The van der Waals surface area contributed by atoms with Crippen LogP contribution in [0.2, 0.25) is 5.02 Å². The molecular formula is C22H18BrClN4O7S. The Kier molecular flexibility index (Phi) is 7.65. The van der Waals surface area contributed by atoms with Crippen molar-refractivity contribution in [3.63, 3.8) is 0 Å². The molecule has 0 bridgehead atoms. The summed E-state index contributed by atoms with van der Waals surface area (Å²) in [6.45, 7) is -0.856. The average Bonchev–Trinajstić information content (AvgIpc) is 3.51. The van der Waals surface area contributed by atoms with Gasteiger partial charge in [0, 0.05) is 9.86 Å². The topological polar surface area (TPSA) is 178 Å². The van der Waals surface area contributed by atoms with Crippen molar-refractivity contribution in [3.05, 3.63) is 61.5 Å². The van der Waals surface area contributed by atoms with Gasteiger partial charge in [0.2, 0.25) is 5.76 Å². The van der Waals surface area contributed by atoms with Crippen molar-refractivity contribution in [2.24, 2.45) is 0 Å². The summed E-state index contributed by atoms with van der Waals surface area (Å²) in [4.78, 5) is 25.2. The SMILES string of the molecule is N#Cc1c2cc(Br)c(Cl)cc2nn1[C@H]1C=C(C(=O)O)O[C@@H]([C@H](O)[C@H](O)CO)[C@@H]1NC(=O)c1cccs1. The number of carbonyl (C=O) groups is 2. The Morgan fingerprint density at radius 3 is 2.75 bits per heavy atom. The Balaban J connectivity index is 1.91. The molecule has 0 fully saturated rings. The summed E-state index contributed by atoms with van der Waals surface area (Å²) in [5.74, 6) is -2.65. The summed E-state index contributed by atoms with van der Waals surface area (Å²) < 4.78 is 7.19. The fraction of sp³-hybridized carbons (Fsp3) is 0.273. The van der Waals surface area contributed by atoms with E-state index in [2.05, 4.69) is 26.3 Å². The first-order valence-electron chi connectivity index (χ1n) is 10.4. The van der Waals surface area contributed by atoms with Crippen LogP contribution in [0.3, 0.4) is 0 Å². The highest BCUT2D eigenvalue weighted by atomic mass is 79.9. The van der Waals surface area contributed by atoms with Gasteiger partial charge in [0.1, 0.15) is 30.1 Å². The molecule has 0 saturated carbocycles. The summed E-state index contributed by atoms with van der Waals surface area (Å²) in [7, 11) is 0. The number of nitrogens with one attached hydrogen (secondary N) is 1. The van der Waals surface area contributed by atoms with E-state index in [4.69, 9.17) is 16.3 Å². The van der Waals surface area contributed by atoms with E-state index in [1.807, 2.05) is 6.07 Å². The molecule has 0 saturated heterocycles. The minimum atomic E-state index is -1.81. The van der Waals surface area contributed by atoms with Gasteiger partial charge in [-0.3, -0.25) is 4.79 Å². The minimum absolute atomic E-state index is 0.0292. The molecule has 0 radical (unpaired) electrons. The number of aliphatic carboxylic acids is 1. The molecule has 1 amide bonds. The van der Waals surface area contributed by atoms with Crippen LogP contribution in [0, 0.1) is 11.3 Å². The van der Waals surface area contributed by atoms with E-state index >= 15 is 0 Å². The Bertz CT molecular complexity index is 1390. The second-order valence-corrected chi connectivity index (χ2v) is 10.0. The zero-order valence-electron chi connectivity index (χ0n) is 18.1. The zero-order valence-corrected chi connectivity index (χ0v) is 21.2. The quantitative estimate of drug-likeness (QED) is 0.272. The summed E-state index contributed by atoms with van der Waals surface area (Å²) >= 11 is 10.6. The van der Waals surface area contributed by atoms with Crippen LogP contribution in [0.1, 0.15) is 21.4 Å². The van der Waals surface area contributed by atoms with E-state index in [1.54, 1.807) is 23.6 Å². The number of halogens is 2. The second-order valence-electron chi connectivity index (χ2n) is 7.81. The average molecular weight is 598 g/mol.